The molecule has 0 heterocycles. The van der Waals surface area contributed by atoms with E-state index in [2.05, 4.69) is 0 Å². The monoisotopic (exact) mass is 230 g/mol. The smallest absolute Gasteiger partial charge is 0.287 e. The minimum absolute atomic E-state index is 0.0218. The van der Waals surface area contributed by atoms with Gasteiger partial charge in [0.1, 0.15) is 5.02 Å². The van der Waals surface area contributed by atoms with Crippen molar-refractivity contribution in [3.8, 4) is 0 Å². The number of benzene rings is 1. The Morgan fingerprint density at radius 1 is 1.60 bits per heavy atom. The van der Waals surface area contributed by atoms with E-state index in [0.29, 0.717) is 18.5 Å². The van der Waals surface area contributed by atoms with Crippen molar-refractivity contribution in [3.63, 3.8) is 0 Å². The molecule has 0 saturated carbocycles. The minimum atomic E-state index is -0.728. The van der Waals surface area contributed by atoms with Crippen molar-refractivity contribution in [2.75, 3.05) is 6.54 Å². The maximum Gasteiger partial charge on any atom is 0.287 e. The highest BCUT2D eigenvalue weighted by molar-refractivity contribution is 6.32. The molecule has 0 spiro atoms. The quantitative estimate of drug-likeness (QED) is 0.608. The van der Waals surface area contributed by atoms with E-state index in [0.717, 1.165) is 0 Å². The first-order chi connectivity index (χ1) is 7.06. The highest BCUT2D eigenvalue weighted by atomic mass is 35.5. The van der Waals surface area contributed by atoms with Gasteiger partial charge in [0.25, 0.3) is 5.69 Å². The number of hydrogen-bond donors (Lipinski definition) is 2. The van der Waals surface area contributed by atoms with Gasteiger partial charge in [0, 0.05) is 6.07 Å². The Bertz CT molecular complexity index is 370. The number of nitrogens with two attached hydrogens (primary N) is 1. The maximum atomic E-state index is 10.5. The van der Waals surface area contributed by atoms with E-state index in [4.69, 9.17) is 17.3 Å². The molecular weight excluding hydrogens is 220 g/mol. The predicted molar refractivity (Wildman–Crippen MR) is 56.7 cm³/mol. The fourth-order valence-corrected chi connectivity index (χ4v) is 1.46. The Hall–Kier alpha value is -1.17. The van der Waals surface area contributed by atoms with Crippen LogP contribution in [0.15, 0.2) is 18.2 Å². The van der Waals surface area contributed by atoms with Crippen LogP contribution in [0.1, 0.15) is 18.1 Å². The third-order valence-corrected chi connectivity index (χ3v) is 2.30. The van der Waals surface area contributed by atoms with Crippen LogP contribution in [0.4, 0.5) is 5.69 Å². The number of halogens is 1. The third-order valence-electron chi connectivity index (χ3n) is 1.99. The molecule has 5 nitrogen and oxygen atoms in total. The Morgan fingerprint density at radius 2 is 2.27 bits per heavy atom. The number of nitro benzene ring substituents is 1. The molecule has 0 amide bonds. The number of aliphatic hydroxyl groups is 1. The molecule has 1 atom stereocenters. The summed E-state index contributed by atoms with van der Waals surface area (Å²) in [6, 6.07) is 4.14. The topological polar surface area (TPSA) is 89.4 Å². The predicted octanol–water partition coefficient (Wildman–Crippen LogP) is 1.63. The summed E-state index contributed by atoms with van der Waals surface area (Å²) in [4.78, 5) is 9.90. The summed E-state index contributed by atoms with van der Waals surface area (Å²) < 4.78 is 0. The molecular formula is C9H11ClN2O3. The van der Waals surface area contributed by atoms with Gasteiger partial charge in [-0.15, -0.1) is 0 Å². The van der Waals surface area contributed by atoms with Gasteiger partial charge in [0.2, 0.25) is 0 Å². The van der Waals surface area contributed by atoms with Gasteiger partial charge < -0.3 is 10.8 Å². The molecule has 1 aromatic carbocycles. The van der Waals surface area contributed by atoms with Gasteiger partial charge in [-0.25, -0.2) is 0 Å². The molecule has 0 aliphatic carbocycles. The van der Waals surface area contributed by atoms with Gasteiger partial charge in [-0.05, 0) is 30.7 Å². The highest BCUT2D eigenvalue weighted by Crippen LogP contribution is 2.28. The van der Waals surface area contributed by atoms with Crippen molar-refractivity contribution in [2.45, 2.75) is 12.5 Å². The Kier molecular flexibility index (Phi) is 4.02. The van der Waals surface area contributed by atoms with Crippen LogP contribution in [0.5, 0.6) is 0 Å². The van der Waals surface area contributed by atoms with E-state index in [9.17, 15) is 15.2 Å². The van der Waals surface area contributed by atoms with Crippen LogP contribution >= 0.6 is 11.6 Å². The molecule has 0 saturated heterocycles. The van der Waals surface area contributed by atoms with Gasteiger partial charge in [0.15, 0.2) is 0 Å². The summed E-state index contributed by atoms with van der Waals surface area (Å²) in [5.74, 6) is 0. The van der Waals surface area contributed by atoms with Crippen LogP contribution in [-0.4, -0.2) is 16.6 Å². The molecule has 0 aromatic heterocycles. The first kappa shape index (κ1) is 11.9. The molecule has 1 rings (SSSR count). The van der Waals surface area contributed by atoms with Gasteiger partial charge >= 0.3 is 0 Å². The van der Waals surface area contributed by atoms with Crippen molar-refractivity contribution in [3.05, 3.63) is 38.9 Å². The first-order valence-corrected chi connectivity index (χ1v) is 4.76. The molecule has 15 heavy (non-hydrogen) atoms. The van der Waals surface area contributed by atoms with E-state index in [-0.39, 0.29) is 10.7 Å². The van der Waals surface area contributed by atoms with Crippen molar-refractivity contribution in [2.24, 2.45) is 5.73 Å². The number of aliphatic hydroxyl groups excluding tert-OH is 1. The van der Waals surface area contributed by atoms with Crippen molar-refractivity contribution in [1.82, 2.24) is 0 Å². The molecule has 0 aliphatic rings. The van der Waals surface area contributed by atoms with Gasteiger partial charge in [-0.1, -0.05) is 11.6 Å². The standard InChI is InChI=1S/C9H11ClN2O3/c10-7-5-6(9(13)3-4-11)1-2-8(7)12(14)15/h1-2,5,9,13H,3-4,11H2/t9-/m0/s1. The van der Waals surface area contributed by atoms with Crippen LogP contribution in [0.3, 0.4) is 0 Å². The summed E-state index contributed by atoms with van der Waals surface area (Å²) in [6.07, 6.45) is -0.331. The lowest BCUT2D eigenvalue weighted by Crippen LogP contribution is -2.06. The zero-order chi connectivity index (χ0) is 11.4. The average molecular weight is 231 g/mol. The SMILES string of the molecule is NCC[C@H](O)c1ccc([N+](=O)[O-])c(Cl)c1. The molecule has 3 N–H and O–H groups in total. The van der Waals surface area contributed by atoms with Crippen LogP contribution in [0.2, 0.25) is 5.02 Å². The van der Waals surface area contributed by atoms with Crippen LogP contribution < -0.4 is 5.73 Å². The summed E-state index contributed by atoms with van der Waals surface area (Å²) in [5, 5.41) is 20.1. The van der Waals surface area contributed by atoms with E-state index >= 15 is 0 Å². The molecule has 0 bridgehead atoms. The van der Waals surface area contributed by atoms with Crippen LogP contribution in [0.25, 0.3) is 0 Å². The van der Waals surface area contributed by atoms with Crippen LogP contribution in [-0.2, 0) is 0 Å². The molecule has 0 unspecified atom stereocenters. The fraction of sp³-hybridized carbons (Fsp3) is 0.333. The van der Waals surface area contributed by atoms with Gasteiger partial charge in [-0.2, -0.15) is 0 Å². The lowest BCUT2D eigenvalue weighted by Gasteiger charge is -2.09. The zero-order valence-electron chi connectivity index (χ0n) is 7.89. The van der Waals surface area contributed by atoms with Crippen molar-refractivity contribution >= 4 is 17.3 Å². The zero-order valence-corrected chi connectivity index (χ0v) is 8.65. The van der Waals surface area contributed by atoms with E-state index < -0.39 is 11.0 Å². The minimum Gasteiger partial charge on any atom is -0.388 e. The molecule has 0 fully saturated rings. The Labute approximate surface area is 91.6 Å². The number of nitro groups is 1. The molecule has 0 aliphatic heterocycles. The molecule has 0 radical (unpaired) electrons. The lowest BCUT2D eigenvalue weighted by atomic mass is 10.1. The average Bonchev–Trinajstić information content (AvgIpc) is 2.17. The van der Waals surface area contributed by atoms with E-state index in [1.54, 1.807) is 0 Å². The van der Waals surface area contributed by atoms with Gasteiger partial charge in [0.05, 0.1) is 11.0 Å². The highest BCUT2D eigenvalue weighted by Gasteiger charge is 2.15. The van der Waals surface area contributed by atoms with E-state index in [1.807, 2.05) is 0 Å². The Balaban J connectivity index is 2.96. The molecule has 1 aromatic rings. The summed E-state index contributed by atoms with van der Waals surface area (Å²) in [7, 11) is 0. The summed E-state index contributed by atoms with van der Waals surface area (Å²) in [5.41, 5.74) is 5.65. The van der Waals surface area contributed by atoms with Gasteiger partial charge in [-0.3, -0.25) is 10.1 Å². The second-order valence-corrected chi connectivity index (χ2v) is 3.47. The number of rotatable bonds is 4. The Morgan fingerprint density at radius 3 is 2.73 bits per heavy atom. The second kappa shape index (κ2) is 5.06. The summed E-state index contributed by atoms with van der Waals surface area (Å²) >= 11 is 5.68. The lowest BCUT2D eigenvalue weighted by molar-refractivity contribution is -0.384. The van der Waals surface area contributed by atoms with Crippen LogP contribution in [0, 0.1) is 10.1 Å². The fourth-order valence-electron chi connectivity index (χ4n) is 1.20. The summed E-state index contributed by atoms with van der Waals surface area (Å²) in [6.45, 7) is 0.343. The first-order valence-electron chi connectivity index (χ1n) is 4.38. The second-order valence-electron chi connectivity index (χ2n) is 3.06. The molecule has 6 heteroatoms. The maximum absolute atomic E-state index is 10.5. The van der Waals surface area contributed by atoms with Crippen molar-refractivity contribution < 1.29 is 10.0 Å². The number of nitrogens with zero attached hydrogens (tertiary/aromatic N) is 1. The number of hydrogen-bond acceptors (Lipinski definition) is 4. The van der Waals surface area contributed by atoms with Crippen molar-refractivity contribution in [1.29, 1.82) is 0 Å². The largest absolute Gasteiger partial charge is 0.388 e. The molecule has 82 valence electrons. The third kappa shape index (κ3) is 2.89. The normalized spacial score (nSPS) is 12.5. The van der Waals surface area contributed by atoms with E-state index in [1.165, 1.54) is 18.2 Å².